The number of aromatic amines is 1. The molecule has 2 rings (SSSR count). The van der Waals surface area contributed by atoms with E-state index in [1.54, 1.807) is 19.1 Å². The number of nitrogens with one attached hydrogen (secondary N) is 1. The summed E-state index contributed by atoms with van der Waals surface area (Å²) in [6, 6.07) is 3.25. The molecule has 2 aromatic rings. The van der Waals surface area contributed by atoms with Crippen LogP contribution in [0.4, 0.5) is 4.39 Å². The summed E-state index contributed by atoms with van der Waals surface area (Å²) < 4.78 is 14.0. The van der Waals surface area contributed by atoms with Crippen LogP contribution >= 0.6 is 0 Å². The van der Waals surface area contributed by atoms with E-state index >= 15 is 0 Å². The van der Waals surface area contributed by atoms with E-state index in [1.165, 1.54) is 0 Å². The number of hydrogen-bond acceptors (Lipinski definition) is 2. The number of nitrogens with zero attached hydrogens (tertiary/aromatic N) is 1. The van der Waals surface area contributed by atoms with Crippen LogP contribution in [-0.2, 0) is 0 Å². The molecule has 3 nitrogen and oxygen atoms in total. The van der Waals surface area contributed by atoms with Crippen molar-refractivity contribution in [2.45, 2.75) is 26.7 Å². The van der Waals surface area contributed by atoms with Crippen molar-refractivity contribution >= 4 is 10.8 Å². The van der Waals surface area contributed by atoms with Crippen LogP contribution in [0.1, 0.15) is 31.0 Å². The van der Waals surface area contributed by atoms with E-state index in [0.717, 1.165) is 0 Å². The van der Waals surface area contributed by atoms with Crippen LogP contribution in [0.3, 0.4) is 0 Å². The Morgan fingerprint density at radius 3 is 2.69 bits per heavy atom. The van der Waals surface area contributed by atoms with Gasteiger partial charge in [0.25, 0.3) is 5.56 Å². The van der Waals surface area contributed by atoms with E-state index in [-0.39, 0.29) is 17.3 Å². The van der Waals surface area contributed by atoms with Crippen LogP contribution < -0.4 is 5.56 Å². The third-order valence-electron chi connectivity index (χ3n) is 2.66. The van der Waals surface area contributed by atoms with Crippen molar-refractivity contribution in [2.75, 3.05) is 0 Å². The fraction of sp³-hybridized carbons (Fsp3) is 0.333. The third-order valence-corrected chi connectivity index (χ3v) is 2.66. The van der Waals surface area contributed by atoms with Crippen LogP contribution in [0.15, 0.2) is 16.9 Å². The van der Waals surface area contributed by atoms with Crippen molar-refractivity contribution in [1.82, 2.24) is 10.2 Å². The van der Waals surface area contributed by atoms with Crippen LogP contribution in [-0.4, -0.2) is 10.2 Å². The lowest BCUT2D eigenvalue weighted by atomic mass is 10.0. The molecule has 0 saturated carbocycles. The van der Waals surface area contributed by atoms with E-state index in [4.69, 9.17) is 0 Å². The second kappa shape index (κ2) is 3.70. The number of rotatable bonds is 1. The summed E-state index contributed by atoms with van der Waals surface area (Å²) in [5, 5.41) is 7.04. The molecule has 0 fully saturated rings. The fourth-order valence-electron chi connectivity index (χ4n) is 1.76. The molecule has 0 radical (unpaired) electrons. The zero-order valence-corrected chi connectivity index (χ0v) is 9.47. The molecule has 4 heteroatoms. The Bertz CT molecular complexity index is 602. The Morgan fingerprint density at radius 2 is 2.06 bits per heavy atom. The monoisotopic (exact) mass is 220 g/mol. The Kier molecular flexibility index (Phi) is 2.50. The molecule has 1 aromatic heterocycles. The van der Waals surface area contributed by atoms with Gasteiger partial charge in [0.15, 0.2) is 0 Å². The average Bonchev–Trinajstić information content (AvgIpc) is 2.23. The van der Waals surface area contributed by atoms with Gasteiger partial charge >= 0.3 is 0 Å². The van der Waals surface area contributed by atoms with E-state index in [9.17, 15) is 9.18 Å². The SMILES string of the molecule is Cc1ccc2c(=O)[nH]nc(C(C)C)c2c1F. The predicted molar refractivity (Wildman–Crippen MR) is 61.1 cm³/mol. The normalized spacial score (nSPS) is 11.3. The zero-order chi connectivity index (χ0) is 11.9. The second-order valence-electron chi connectivity index (χ2n) is 4.21. The molecule has 0 saturated heterocycles. The molecule has 1 heterocycles. The standard InChI is InChI=1S/C12H13FN2O/c1-6(2)11-9-8(12(16)15-14-11)5-4-7(3)10(9)13/h4-6H,1-3H3,(H,15,16). The topological polar surface area (TPSA) is 45.8 Å². The summed E-state index contributed by atoms with van der Waals surface area (Å²) in [4.78, 5) is 11.5. The van der Waals surface area contributed by atoms with Crippen LogP contribution in [0, 0.1) is 12.7 Å². The van der Waals surface area contributed by atoms with E-state index < -0.39 is 0 Å². The molecule has 0 aliphatic carbocycles. The zero-order valence-electron chi connectivity index (χ0n) is 9.47. The Hall–Kier alpha value is -1.71. The van der Waals surface area contributed by atoms with E-state index in [1.807, 2.05) is 13.8 Å². The maximum Gasteiger partial charge on any atom is 0.272 e. The van der Waals surface area contributed by atoms with Gasteiger partial charge in [-0.15, -0.1) is 0 Å². The summed E-state index contributed by atoms with van der Waals surface area (Å²) >= 11 is 0. The third kappa shape index (κ3) is 1.50. The fourth-order valence-corrected chi connectivity index (χ4v) is 1.76. The smallest absolute Gasteiger partial charge is 0.267 e. The highest BCUT2D eigenvalue weighted by atomic mass is 19.1. The molecular formula is C12H13FN2O. The lowest BCUT2D eigenvalue weighted by molar-refractivity contribution is 0.625. The van der Waals surface area contributed by atoms with Gasteiger partial charge in [-0.1, -0.05) is 19.9 Å². The molecule has 0 amide bonds. The predicted octanol–water partition coefficient (Wildman–Crippen LogP) is 2.49. The minimum Gasteiger partial charge on any atom is -0.267 e. The summed E-state index contributed by atoms with van der Waals surface area (Å²) in [5.41, 5.74) is 0.774. The number of hydrogen-bond donors (Lipinski definition) is 1. The molecule has 16 heavy (non-hydrogen) atoms. The van der Waals surface area contributed by atoms with Gasteiger partial charge in [0.05, 0.1) is 11.1 Å². The number of aromatic nitrogens is 2. The van der Waals surface area contributed by atoms with Crippen LogP contribution in [0.25, 0.3) is 10.8 Å². The Morgan fingerprint density at radius 1 is 1.38 bits per heavy atom. The van der Waals surface area contributed by atoms with Crippen LogP contribution in [0.5, 0.6) is 0 Å². The summed E-state index contributed by atoms with van der Waals surface area (Å²) in [6.07, 6.45) is 0. The molecule has 1 N–H and O–H groups in total. The highest BCUT2D eigenvalue weighted by Crippen LogP contribution is 2.24. The first-order valence-corrected chi connectivity index (χ1v) is 5.19. The number of halogens is 1. The van der Waals surface area contributed by atoms with Crippen molar-refractivity contribution in [1.29, 1.82) is 0 Å². The van der Waals surface area contributed by atoms with Crippen molar-refractivity contribution in [3.63, 3.8) is 0 Å². The summed E-state index contributed by atoms with van der Waals surface area (Å²) in [5.74, 6) is -0.282. The number of aryl methyl sites for hydroxylation is 1. The van der Waals surface area contributed by atoms with Gasteiger partial charge in [0, 0.05) is 5.39 Å². The Balaban J connectivity index is 3.00. The Labute approximate surface area is 92.3 Å². The molecular weight excluding hydrogens is 207 g/mol. The molecule has 84 valence electrons. The first kappa shape index (κ1) is 10.8. The lowest BCUT2D eigenvalue weighted by Crippen LogP contribution is -2.13. The lowest BCUT2D eigenvalue weighted by Gasteiger charge is -2.09. The maximum absolute atomic E-state index is 14.0. The first-order valence-electron chi connectivity index (χ1n) is 5.19. The maximum atomic E-state index is 14.0. The second-order valence-corrected chi connectivity index (χ2v) is 4.21. The van der Waals surface area contributed by atoms with Gasteiger partial charge in [-0.2, -0.15) is 5.10 Å². The summed E-state index contributed by atoms with van der Waals surface area (Å²) in [6.45, 7) is 5.52. The largest absolute Gasteiger partial charge is 0.272 e. The van der Waals surface area contributed by atoms with Gasteiger partial charge in [-0.3, -0.25) is 4.79 Å². The first-order chi connectivity index (χ1) is 7.52. The van der Waals surface area contributed by atoms with Gasteiger partial charge in [0.2, 0.25) is 0 Å². The van der Waals surface area contributed by atoms with Gasteiger partial charge < -0.3 is 0 Å². The molecule has 0 spiro atoms. The number of H-pyrrole nitrogens is 1. The average molecular weight is 220 g/mol. The highest BCUT2D eigenvalue weighted by molar-refractivity contribution is 5.85. The van der Waals surface area contributed by atoms with Crippen molar-refractivity contribution < 1.29 is 4.39 Å². The highest BCUT2D eigenvalue weighted by Gasteiger charge is 2.15. The molecule has 0 unspecified atom stereocenters. The number of fused-ring (bicyclic) bond motifs is 1. The molecule has 0 aliphatic rings. The van der Waals surface area contributed by atoms with Crippen molar-refractivity contribution in [3.05, 3.63) is 39.6 Å². The minimum absolute atomic E-state index is 0.0654. The quantitative estimate of drug-likeness (QED) is 0.802. The minimum atomic E-state index is -0.349. The van der Waals surface area contributed by atoms with Gasteiger partial charge in [-0.25, -0.2) is 9.49 Å². The van der Waals surface area contributed by atoms with E-state index in [2.05, 4.69) is 10.2 Å². The van der Waals surface area contributed by atoms with Crippen molar-refractivity contribution in [2.24, 2.45) is 0 Å². The number of benzene rings is 1. The van der Waals surface area contributed by atoms with Crippen molar-refractivity contribution in [3.8, 4) is 0 Å². The molecule has 0 aliphatic heterocycles. The van der Waals surface area contributed by atoms with Crippen LogP contribution in [0.2, 0.25) is 0 Å². The van der Waals surface area contributed by atoms with Gasteiger partial charge in [-0.05, 0) is 24.5 Å². The van der Waals surface area contributed by atoms with E-state index in [0.29, 0.717) is 22.0 Å². The molecule has 0 atom stereocenters. The molecule has 1 aromatic carbocycles. The molecule has 0 bridgehead atoms. The van der Waals surface area contributed by atoms with Gasteiger partial charge in [0.1, 0.15) is 5.82 Å². The summed E-state index contributed by atoms with van der Waals surface area (Å²) in [7, 11) is 0.